The predicted octanol–water partition coefficient (Wildman–Crippen LogP) is 5.97. The van der Waals surface area contributed by atoms with E-state index < -0.39 is 3.55 Å². The number of hydrogen-bond donors (Lipinski definition) is 1. The topological polar surface area (TPSA) is 59.0 Å². The SMILES string of the molecule is COC(=O)[C@](I)(C(I)c1ccc(Oc2ccc(O)cc2)cc1)N(I)I. The molecule has 25 heavy (non-hydrogen) atoms. The van der Waals surface area contributed by atoms with Crippen molar-refractivity contribution in [1.29, 1.82) is 0 Å². The summed E-state index contributed by atoms with van der Waals surface area (Å²) >= 11 is 8.55. The van der Waals surface area contributed by atoms with Gasteiger partial charge in [0.1, 0.15) is 17.2 Å². The molecule has 9 heteroatoms. The van der Waals surface area contributed by atoms with Crippen molar-refractivity contribution in [2.24, 2.45) is 0 Å². The summed E-state index contributed by atoms with van der Waals surface area (Å²) < 4.78 is 11.6. The molecule has 0 amide bonds. The van der Waals surface area contributed by atoms with E-state index in [1.165, 1.54) is 7.11 Å². The first-order valence-electron chi connectivity index (χ1n) is 6.89. The number of carbonyl (C=O) groups is 1. The molecule has 134 valence electrons. The fourth-order valence-electron chi connectivity index (χ4n) is 1.98. The van der Waals surface area contributed by atoms with Gasteiger partial charge in [0.2, 0.25) is 3.55 Å². The molecule has 0 radical (unpaired) electrons. The van der Waals surface area contributed by atoms with Gasteiger partial charge >= 0.3 is 5.97 Å². The summed E-state index contributed by atoms with van der Waals surface area (Å²) in [6.45, 7) is 0. The lowest BCUT2D eigenvalue weighted by Crippen LogP contribution is -2.44. The molecule has 0 aliphatic carbocycles. The normalized spacial score (nSPS) is 14.6. The summed E-state index contributed by atoms with van der Waals surface area (Å²) in [5.41, 5.74) is 0.983. The van der Waals surface area contributed by atoms with Crippen molar-refractivity contribution in [3.05, 3.63) is 54.1 Å². The maximum absolute atomic E-state index is 12.3. The zero-order valence-electron chi connectivity index (χ0n) is 12.8. The van der Waals surface area contributed by atoms with E-state index >= 15 is 0 Å². The van der Waals surface area contributed by atoms with Crippen LogP contribution in [-0.4, -0.2) is 23.1 Å². The molecule has 1 unspecified atom stereocenters. The Morgan fingerprint density at radius 2 is 1.56 bits per heavy atom. The zero-order chi connectivity index (χ0) is 18.6. The second kappa shape index (κ2) is 9.54. The maximum atomic E-state index is 12.3. The number of nitrogens with zero attached hydrogens (tertiary/aromatic N) is 1. The van der Waals surface area contributed by atoms with Gasteiger partial charge < -0.3 is 14.6 Å². The first-order chi connectivity index (χ1) is 11.8. The number of aromatic hydroxyl groups is 1. The zero-order valence-corrected chi connectivity index (χ0v) is 21.5. The minimum Gasteiger partial charge on any atom is -0.508 e. The number of rotatable bonds is 6. The largest absolute Gasteiger partial charge is 0.508 e. The number of methoxy groups -OCH3 is 1. The van der Waals surface area contributed by atoms with E-state index in [2.05, 4.69) is 90.9 Å². The first kappa shape index (κ1) is 21.7. The molecule has 2 aromatic carbocycles. The van der Waals surface area contributed by atoms with Crippen molar-refractivity contribution in [1.82, 2.24) is 1.33 Å². The van der Waals surface area contributed by atoms with Crippen LogP contribution in [0.25, 0.3) is 0 Å². The maximum Gasteiger partial charge on any atom is 0.339 e. The first-order valence-corrected chi connectivity index (χ1v) is 11.1. The van der Waals surface area contributed by atoms with Gasteiger partial charge in [-0.2, -0.15) is 1.33 Å². The number of halogens is 4. The van der Waals surface area contributed by atoms with E-state index in [1.54, 1.807) is 25.6 Å². The van der Waals surface area contributed by atoms with Gasteiger partial charge in [-0.15, -0.1) is 0 Å². The molecule has 0 bridgehead atoms. The lowest BCUT2D eigenvalue weighted by atomic mass is 10.1. The number of phenolic OH excluding ortho intramolecular Hbond substituents is 1. The van der Waals surface area contributed by atoms with Crippen LogP contribution in [0, 0.1) is 0 Å². The van der Waals surface area contributed by atoms with E-state index in [1.807, 2.05) is 24.3 Å². The van der Waals surface area contributed by atoms with E-state index in [0.29, 0.717) is 11.5 Å². The Morgan fingerprint density at radius 3 is 2.00 bits per heavy atom. The fraction of sp³-hybridized carbons (Fsp3) is 0.188. The summed E-state index contributed by atoms with van der Waals surface area (Å²) in [4.78, 5) is 12.3. The number of phenols is 1. The number of ether oxygens (including phenoxy) is 2. The van der Waals surface area contributed by atoms with E-state index in [-0.39, 0.29) is 15.6 Å². The van der Waals surface area contributed by atoms with Gasteiger partial charge in [-0.05, 0) is 64.6 Å². The standard InChI is InChI=1S/C16H13I4NO4/c1-24-15(23)16(18,21(19)20)14(17)10-2-6-12(7-3-10)25-13-8-4-11(22)5-9-13/h2-9,14,22H,1H3/t14?,16-/m0/s1. The fourth-order valence-corrected chi connectivity index (χ4v) is 5.52. The summed E-state index contributed by atoms with van der Waals surface area (Å²) in [6.07, 6.45) is 0. The molecule has 0 aliphatic rings. The molecular formula is C16H13I4NO4. The Labute approximate surface area is 201 Å². The van der Waals surface area contributed by atoms with Crippen molar-refractivity contribution in [3.63, 3.8) is 0 Å². The molecule has 0 spiro atoms. The van der Waals surface area contributed by atoms with E-state index in [0.717, 1.165) is 5.56 Å². The average Bonchev–Trinajstić information content (AvgIpc) is 2.62. The van der Waals surface area contributed by atoms with Crippen molar-refractivity contribution >= 4 is 96.9 Å². The highest BCUT2D eigenvalue weighted by Gasteiger charge is 2.48. The molecule has 0 heterocycles. The monoisotopic (exact) mass is 791 g/mol. The Kier molecular flexibility index (Phi) is 8.28. The third-order valence-electron chi connectivity index (χ3n) is 3.30. The molecule has 2 atom stereocenters. The third kappa shape index (κ3) is 5.22. The summed E-state index contributed by atoms with van der Waals surface area (Å²) in [6, 6.07) is 14.1. The van der Waals surface area contributed by atoms with E-state index in [9.17, 15) is 9.90 Å². The quantitative estimate of drug-likeness (QED) is 0.129. The molecule has 0 saturated heterocycles. The van der Waals surface area contributed by atoms with Crippen LogP contribution in [-0.2, 0) is 9.53 Å². The van der Waals surface area contributed by atoms with E-state index in [4.69, 9.17) is 9.47 Å². The molecule has 0 aromatic heterocycles. The Bertz CT molecular complexity index is 724. The Hall–Kier alpha value is 0.390. The predicted molar refractivity (Wildman–Crippen MR) is 130 cm³/mol. The number of esters is 1. The lowest BCUT2D eigenvalue weighted by Gasteiger charge is -2.33. The summed E-state index contributed by atoms with van der Waals surface area (Å²) in [7, 11) is 1.39. The van der Waals surface area contributed by atoms with Gasteiger partial charge in [-0.25, -0.2) is 4.79 Å². The van der Waals surface area contributed by atoms with Crippen molar-refractivity contribution < 1.29 is 19.4 Å². The average molecular weight is 791 g/mol. The van der Waals surface area contributed by atoms with Crippen LogP contribution in [0.5, 0.6) is 17.2 Å². The van der Waals surface area contributed by atoms with Crippen molar-refractivity contribution in [2.45, 2.75) is 7.47 Å². The number of benzene rings is 2. The highest BCUT2D eigenvalue weighted by Crippen LogP contribution is 2.48. The summed E-state index contributed by atoms with van der Waals surface area (Å²) in [5.74, 6) is 1.20. The molecule has 1 N–H and O–H groups in total. The highest BCUT2D eigenvalue weighted by molar-refractivity contribution is 14.2. The Balaban J connectivity index is 2.20. The van der Waals surface area contributed by atoms with Gasteiger partial charge in [0, 0.05) is 45.7 Å². The van der Waals surface area contributed by atoms with Crippen LogP contribution in [0.4, 0.5) is 0 Å². The molecule has 5 nitrogen and oxygen atoms in total. The molecule has 0 aliphatic heterocycles. The summed E-state index contributed by atoms with van der Waals surface area (Å²) in [5, 5.41) is 9.31. The van der Waals surface area contributed by atoms with Crippen LogP contribution in [0.15, 0.2) is 48.5 Å². The smallest absolute Gasteiger partial charge is 0.339 e. The van der Waals surface area contributed by atoms with Crippen LogP contribution >= 0.6 is 90.9 Å². The Morgan fingerprint density at radius 1 is 1.08 bits per heavy atom. The van der Waals surface area contributed by atoms with Gasteiger partial charge in [-0.1, -0.05) is 34.7 Å². The second-order valence-electron chi connectivity index (χ2n) is 4.93. The van der Waals surface area contributed by atoms with Gasteiger partial charge in [-0.3, -0.25) is 0 Å². The second-order valence-corrected chi connectivity index (χ2v) is 11.6. The minimum absolute atomic E-state index is 0.130. The molecule has 0 saturated carbocycles. The van der Waals surface area contributed by atoms with Crippen molar-refractivity contribution in [3.8, 4) is 17.2 Å². The van der Waals surface area contributed by atoms with Crippen LogP contribution in [0.2, 0.25) is 0 Å². The van der Waals surface area contributed by atoms with Gasteiger partial charge in [0.25, 0.3) is 0 Å². The molecule has 2 aromatic rings. The number of alkyl halides is 2. The van der Waals surface area contributed by atoms with Crippen LogP contribution < -0.4 is 4.74 Å². The number of hydrogen-bond acceptors (Lipinski definition) is 5. The highest BCUT2D eigenvalue weighted by atomic mass is 127. The molecule has 2 rings (SSSR count). The van der Waals surface area contributed by atoms with Gasteiger partial charge in [0.05, 0.1) is 11.0 Å². The number of carbonyl (C=O) groups excluding carboxylic acids is 1. The lowest BCUT2D eigenvalue weighted by molar-refractivity contribution is -0.144. The van der Waals surface area contributed by atoms with Crippen molar-refractivity contribution in [2.75, 3.05) is 7.11 Å². The molecule has 0 fully saturated rings. The third-order valence-corrected chi connectivity index (χ3v) is 11.0. The molecular weight excluding hydrogens is 778 g/mol. The van der Waals surface area contributed by atoms with Gasteiger partial charge in [0.15, 0.2) is 0 Å². The minimum atomic E-state index is -0.840. The van der Waals surface area contributed by atoms with Crippen LogP contribution in [0.3, 0.4) is 0 Å². The van der Waals surface area contributed by atoms with Crippen LogP contribution in [0.1, 0.15) is 9.49 Å².